The molecule has 1 aliphatic heterocycles. The fraction of sp³-hybridized carbons (Fsp3) is 0.278. The third-order valence-electron chi connectivity index (χ3n) is 4.36. The first-order chi connectivity index (χ1) is 13.9. The minimum atomic E-state index is -0.932. The molecule has 152 valence electrons. The fourth-order valence-electron chi connectivity index (χ4n) is 2.79. The van der Waals surface area contributed by atoms with Crippen LogP contribution >= 0.6 is 11.6 Å². The molecule has 10 nitrogen and oxygen atoms in total. The van der Waals surface area contributed by atoms with E-state index in [0.29, 0.717) is 13.1 Å². The van der Waals surface area contributed by atoms with Crippen LogP contribution in [-0.2, 0) is 9.53 Å². The van der Waals surface area contributed by atoms with Crippen molar-refractivity contribution in [3.63, 3.8) is 0 Å². The number of non-ortho nitro benzene ring substituents is 1. The third-order valence-corrected chi connectivity index (χ3v) is 4.69. The average molecular weight is 422 g/mol. The van der Waals surface area contributed by atoms with E-state index >= 15 is 0 Å². The van der Waals surface area contributed by atoms with Gasteiger partial charge in [-0.05, 0) is 18.2 Å². The van der Waals surface area contributed by atoms with Gasteiger partial charge < -0.3 is 19.0 Å². The van der Waals surface area contributed by atoms with Crippen LogP contribution in [0, 0.1) is 10.1 Å². The summed E-state index contributed by atoms with van der Waals surface area (Å²) < 4.78 is 10.0. The Morgan fingerprint density at radius 1 is 1.14 bits per heavy atom. The maximum absolute atomic E-state index is 12.3. The number of nitrogens with zero attached hydrogens (tertiary/aromatic N) is 3. The molecule has 1 saturated heterocycles. The normalized spacial score (nSPS) is 13.8. The predicted octanol–water partition coefficient (Wildman–Crippen LogP) is 1.98. The number of hydrogen-bond donors (Lipinski definition) is 0. The van der Waals surface area contributed by atoms with Crippen LogP contribution in [0.2, 0.25) is 5.02 Å². The number of hydrogen-bond acceptors (Lipinski definition) is 7. The molecule has 0 aliphatic carbocycles. The van der Waals surface area contributed by atoms with Crippen molar-refractivity contribution in [1.29, 1.82) is 0 Å². The second kappa shape index (κ2) is 8.74. The first-order valence-corrected chi connectivity index (χ1v) is 8.96. The summed E-state index contributed by atoms with van der Waals surface area (Å²) in [5.41, 5.74) is -0.507. The Balaban J connectivity index is 1.51. The Morgan fingerprint density at radius 3 is 2.45 bits per heavy atom. The van der Waals surface area contributed by atoms with Crippen molar-refractivity contribution in [1.82, 2.24) is 9.80 Å². The van der Waals surface area contributed by atoms with Crippen LogP contribution in [0.25, 0.3) is 0 Å². The standard InChI is InChI=1S/C18H16ClN3O7/c19-14-4-3-12(22(26)27)10-13(14)18(25)29-11-16(23)20-5-7-21(8-6-20)17(24)15-2-1-9-28-15/h1-4,9-10H,5-8,11H2. The molecule has 0 bridgehead atoms. The SMILES string of the molecule is O=C(OCC(=O)N1CCN(C(=O)c2ccco2)CC1)c1cc([N+](=O)[O-])ccc1Cl. The van der Waals surface area contributed by atoms with Gasteiger partial charge in [-0.3, -0.25) is 19.7 Å². The van der Waals surface area contributed by atoms with E-state index in [0.717, 1.165) is 12.1 Å². The minimum absolute atomic E-state index is 0.0156. The highest BCUT2D eigenvalue weighted by Gasteiger charge is 2.27. The van der Waals surface area contributed by atoms with E-state index < -0.39 is 23.4 Å². The molecular formula is C18H16ClN3O7. The van der Waals surface area contributed by atoms with Gasteiger partial charge in [-0.2, -0.15) is 0 Å². The van der Waals surface area contributed by atoms with Crippen molar-refractivity contribution in [3.05, 3.63) is 63.1 Å². The molecule has 0 atom stereocenters. The molecule has 0 saturated carbocycles. The lowest BCUT2D eigenvalue weighted by atomic mass is 10.2. The number of furan rings is 1. The first-order valence-electron chi connectivity index (χ1n) is 8.58. The van der Waals surface area contributed by atoms with Crippen LogP contribution in [0.1, 0.15) is 20.9 Å². The number of nitro benzene ring substituents is 1. The van der Waals surface area contributed by atoms with Crippen LogP contribution in [-0.4, -0.2) is 65.3 Å². The molecule has 1 aromatic carbocycles. The lowest BCUT2D eigenvalue weighted by molar-refractivity contribution is -0.384. The third kappa shape index (κ3) is 4.72. The maximum Gasteiger partial charge on any atom is 0.340 e. The number of halogens is 1. The highest BCUT2D eigenvalue weighted by atomic mass is 35.5. The molecule has 1 aromatic heterocycles. The fourth-order valence-corrected chi connectivity index (χ4v) is 2.99. The number of piperazine rings is 1. The molecular weight excluding hydrogens is 406 g/mol. The van der Waals surface area contributed by atoms with Gasteiger partial charge in [0.15, 0.2) is 12.4 Å². The van der Waals surface area contributed by atoms with E-state index in [1.807, 2.05) is 0 Å². The summed E-state index contributed by atoms with van der Waals surface area (Å²) in [7, 11) is 0. The van der Waals surface area contributed by atoms with Gasteiger partial charge >= 0.3 is 5.97 Å². The molecule has 0 unspecified atom stereocenters. The zero-order valence-corrected chi connectivity index (χ0v) is 15.8. The lowest BCUT2D eigenvalue weighted by Gasteiger charge is -2.34. The summed E-state index contributed by atoms with van der Waals surface area (Å²) >= 11 is 5.88. The second-order valence-electron chi connectivity index (χ2n) is 6.15. The van der Waals surface area contributed by atoms with Crippen LogP contribution in [0.4, 0.5) is 5.69 Å². The van der Waals surface area contributed by atoms with E-state index in [1.54, 1.807) is 17.0 Å². The zero-order chi connectivity index (χ0) is 21.0. The van der Waals surface area contributed by atoms with E-state index in [-0.39, 0.29) is 41.0 Å². The van der Waals surface area contributed by atoms with Crippen LogP contribution in [0.5, 0.6) is 0 Å². The number of rotatable bonds is 5. The molecule has 1 aliphatic rings. The zero-order valence-electron chi connectivity index (χ0n) is 15.1. The molecule has 0 N–H and O–H groups in total. The summed E-state index contributed by atoms with van der Waals surface area (Å²) in [5.74, 6) is -1.40. The van der Waals surface area contributed by atoms with E-state index in [4.69, 9.17) is 20.8 Å². The summed E-state index contributed by atoms with van der Waals surface area (Å²) in [4.78, 5) is 49.8. The molecule has 29 heavy (non-hydrogen) atoms. The summed E-state index contributed by atoms with van der Waals surface area (Å²) in [6.45, 7) is 0.649. The Morgan fingerprint density at radius 2 is 1.83 bits per heavy atom. The topological polar surface area (TPSA) is 123 Å². The predicted molar refractivity (Wildman–Crippen MR) is 99.6 cm³/mol. The number of benzene rings is 1. The van der Waals surface area contributed by atoms with Crippen molar-refractivity contribution < 1.29 is 28.5 Å². The Bertz CT molecular complexity index is 937. The van der Waals surface area contributed by atoms with Crippen molar-refractivity contribution >= 4 is 35.1 Å². The van der Waals surface area contributed by atoms with Gasteiger partial charge in [-0.25, -0.2) is 4.79 Å². The van der Waals surface area contributed by atoms with E-state index in [9.17, 15) is 24.5 Å². The lowest BCUT2D eigenvalue weighted by Crippen LogP contribution is -2.51. The van der Waals surface area contributed by atoms with Crippen LogP contribution in [0.3, 0.4) is 0 Å². The number of carbonyl (C=O) groups is 3. The molecule has 0 radical (unpaired) electrons. The van der Waals surface area contributed by atoms with E-state index in [1.165, 1.54) is 17.2 Å². The average Bonchev–Trinajstić information content (AvgIpc) is 3.26. The summed E-state index contributed by atoms with van der Waals surface area (Å²) in [6.07, 6.45) is 1.41. The van der Waals surface area contributed by atoms with Crippen molar-refractivity contribution in [2.24, 2.45) is 0 Å². The molecule has 1 fully saturated rings. The van der Waals surface area contributed by atoms with Gasteiger partial charge in [0.1, 0.15) is 0 Å². The monoisotopic (exact) mass is 421 g/mol. The van der Waals surface area contributed by atoms with Gasteiger partial charge in [0.25, 0.3) is 17.5 Å². The second-order valence-corrected chi connectivity index (χ2v) is 6.55. The number of nitro groups is 1. The minimum Gasteiger partial charge on any atom is -0.459 e. The van der Waals surface area contributed by atoms with Gasteiger partial charge in [0, 0.05) is 38.3 Å². The molecule has 2 heterocycles. The number of amides is 2. The molecule has 11 heteroatoms. The largest absolute Gasteiger partial charge is 0.459 e. The molecule has 2 amide bonds. The summed E-state index contributed by atoms with van der Waals surface area (Å²) in [5, 5.41) is 10.8. The van der Waals surface area contributed by atoms with Gasteiger partial charge in [0.2, 0.25) is 0 Å². The highest BCUT2D eigenvalue weighted by molar-refractivity contribution is 6.33. The van der Waals surface area contributed by atoms with Gasteiger partial charge in [0.05, 0.1) is 21.8 Å². The molecule has 3 rings (SSSR count). The van der Waals surface area contributed by atoms with Gasteiger partial charge in [-0.1, -0.05) is 11.6 Å². The molecule has 0 spiro atoms. The first kappa shape index (κ1) is 20.3. The van der Waals surface area contributed by atoms with Crippen molar-refractivity contribution in [2.75, 3.05) is 32.8 Å². The van der Waals surface area contributed by atoms with Crippen molar-refractivity contribution in [2.45, 2.75) is 0 Å². The Labute approximate surface area is 169 Å². The number of esters is 1. The maximum atomic E-state index is 12.3. The van der Waals surface area contributed by atoms with Crippen LogP contribution < -0.4 is 0 Å². The van der Waals surface area contributed by atoms with Crippen molar-refractivity contribution in [3.8, 4) is 0 Å². The highest BCUT2D eigenvalue weighted by Crippen LogP contribution is 2.22. The number of ether oxygens (including phenoxy) is 1. The van der Waals surface area contributed by atoms with Gasteiger partial charge in [-0.15, -0.1) is 0 Å². The van der Waals surface area contributed by atoms with E-state index in [2.05, 4.69) is 0 Å². The summed E-state index contributed by atoms with van der Waals surface area (Å²) in [6, 6.07) is 6.56. The smallest absolute Gasteiger partial charge is 0.340 e. The molecule has 2 aromatic rings. The Kier molecular flexibility index (Phi) is 6.13. The quantitative estimate of drug-likeness (QED) is 0.410. The van der Waals surface area contributed by atoms with Crippen LogP contribution in [0.15, 0.2) is 41.0 Å². The number of carbonyl (C=O) groups excluding carboxylic acids is 3. The Hall–Kier alpha value is -3.40.